The monoisotopic (exact) mass is 343 g/mol. The summed E-state index contributed by atoms with van der Waals surface area (Å²) in [5.41, 5.74) is 0. The Morgan fingerprint density at radius 3 is 2.48 bits per heavy atom. The predicted octanol–water partition coefficient (Wildman–Crippen LogP) is 1.92. The lowest BCUT2D eigenvalue weighted by atomic mass is 9.99. The summed E-state index contributed by atoms with van der Waals surface area (Å²) in [6.07, 6.45) is 11.6. The summed E-state index contributed by atoms with van der Waals surface area (Å²) < 4.78 is 0. The first-order valence-electron chi connectivity index (χ1n) is 9.77. The van der Waals surface area contributed by atoms with Crippen molar-refractivity contribution in [2.24, 2.45) is 0 Å². The van der Waals surface area contributed by atoms with Gasteiger partial charge in [-0.25, -0.2) is 9.97 Å². The quantitative estimate of drug-likeness (QED) is 0.836. The highest BCUT2D eigenvalue weighted by Gasteiger charge is 2.38. The molecule has 1 unspecified atom stereocenters. The molecule has 1 aromatic heterocycles. The van der Waals surface area contributed by atoms with Crippen LogP contribution in [0.15, 0.2) is 18.6 Å². The predicted molar refractivity (Wildman–Crippen MR) is 97.4 cm³/mol. The number of piperidine rings is 1. The summed E-state index contributed by atoms with van der Waals surface area (Å²) in [6.45, 7) is 2.95. The Hall–Kier alpha value is -1.69. The molecule has 1 aliphatic carbocycles. The average Bonchev–Trinajstić information content (AvgIpc) is 3.48. The number of anilines is 1. The molecule has 6 heteroatoms. The number of likely N-dealkylation sites (tertiary alicyclic amines) is 2. The van der Waals surface area contributed by atoms with Gasteiger partial charge in [-0.1, -0.05) is 0 Å². The SMILES string of the molecule is CN1CCCCC(N2CCC(N(c3ccncn3)C3CC3)CC2)C1=O. The first-order valence-corrected chi connectivity index (χ1v) is 9.77. The van der Waals surface area contributed by atoms with Gasteiger partial charge in [-0.15, -0.1) is 0 Å². The van der Waals surface area contributed by atoms with E-state index in [1.165, 1.54) is 12.8 Å². The molecule has 1 atom stereocenters. The average molecular weight is 343 g/mol. The molecule has 0 radical (unpaired) electrons. The highest BCUT2D eigenvalue weighted by molar-refractivity contribution is 5.81. The van der Waals surface area contributed by atoms with Crippen LogP contribution in [-0.2, 0) is 4.79 Å². The largest absolute Gasteiger partial charge is 0.350 e. The summed E-state index contributed by atoms with van der Waals surface area (Å²) in [7, 11) is 1.96. The van der Waals surface area contributed by atoms with Gasteiger partial charge in [-0.05, 0) is 51.0 Å². The lowest BCUT2D eigenvalue weighted by Gasteiger charge is -2.42. The number of nitrogens with zero attached hydrogens (tertiary/aromatic N) is 5. The van der Waals surface area contributed by atoms with E-state index in [1.54, 1.807) is 6.33 Å². The molecule has 1 aromatic rings. The zero-order valence-corrected chi connectivity index (χ0v) is 15.2. The van der Waals surface area contributed by atoms with Crippen molar-refractivity contribution in [3.8, 4) is 0 Å². The minimum absolute atomic E-state index is 0.0990. The van der Waals surface area contributed by atoms with E-state index in [9.17, 15) is 4.79 Å². The Balaban J connectivity index is 1.41. The first-order chi connectivity index (χ1) is 12.2. The van der Waals surface area contributed by atoms with Crippen molar-refractivity contribution in [1.29, 1.82) is 0 Å². The zero-order valence-electron chi connectivity index (χ0n) is 15.2. The van der Waals surface area contributed by atoms with Crippen LogP contribution in [0.1, 0.15) is 44.9 Å². The van der Waals surface area contributed by atoms with Crippen molar-refractivity contribution in [2.75, 3.05) is 31.6 Å². The summed E-state index contributed by atoms with van der Waals surface area (Å²) in [5, 5.41) is 0. The second kappa shape index (κ2) is 7.28. The van der Waals surface area contributed by atoms with Gasteiger partial charge in [0.1, 0.15) is 12.1 Å². The molecule has 136 valence electrons. The molecule has 0 bridgehead atoms. The number of carbonyl (C=O) groups is 1. The molecule has 3 fully saturated rings. The molecule has 6 nitrogen and oxygen atoms in total. The van der Waals surface area contributed by atoms with Gasteiger partial charge < -0.3 is 9.80 Å². The second-order valence-electron chi connectivity index (χ2n) is 7.74. The van der Waals surface area contributed by atoms with E-state index in [-0.39, 0.29) is 6.04 Å². The molecule has 1 amide bonds. The Labute approximate surface area is 150 Å². The molecule has 2 aliphatic heterocycles. The van der Waals surface area contributed by atoms with Gasteiger partial charge in [-0.3, -0.25) is 9.69 Å². The molecular weight excluding hydrogens is 314 g/mol. The molecule has 25 heavy (non-hydrogen) atoms. The first kappa shape index (κ1) is 16.8. The maximum Gasteiger partial charge on any atom is 0.239 e. The van der Waals surface area contributed by atoms with E-state index >= 15 is 0 Å². The van der Waals surface area contributed by atoms with Crippen molar-refractivity contribution in [1.82, 2.24) is 19.8 Å². The van der Waals surface area contributed by atoms with Crippen LogP contribution in [0.25, 0.3) is 0 Å². The van der Waals surface area contributed by atoms with Crippen LogP contribution in [0.3, 0.4) is 0 Å². The van der Waals surface area contributed by atoms with Crippen molar-refractivity contribution in [2.45, 2.75) is 63.1 Å². The second-order valence-corrected chi connectivity index (χ2v) is 7.74. The van der Waals surface area contributed by atoms with E-state index in [1.807, 2.05) is 24.2 Å². The highest BCUT2D eigenvalue weighted by Crippen LogP contribution is 2.35. The highest BCUT2D eigenvalue weighted by atomic mass is 16.2. The van der Waals surface area contributed by atoms with Crippen LogP contribution < -0.4 is 4.90 Å². The molecular formula is C19H29N5O. The van der Waals surface area contributed by atoms with Gasteiger partial charge in [0, 0.05) is 45.0 Å². The standard InChI is InChI=1S/C19H29N5O/c1-22-11-3-2-4-17(19(22)25)23-12-8-16(9-13-23)24(15-5-6-15)18-7-10-20-14-21-18/h7,10,14-17H,2-6,8-9,11-13H2,1H3. The van der Waals surface area contributed by atoms with Gasteiger partial charge in [0.05, 0.1) is 6.04 Å². The Kier molecular flexibility index (Phi) is 4.88. The third kappa shape index (κ3) is 3.64. The topological polar surface area (TPSA) is 52.6 Å². The van der Waals surface area contributed by atoms with Gasteiger partial charge in [0.25, 0.3) is 0 Å². The zero-order chi connectivity index (χ0) is 17.2. The molecule has 0 N–H and O–H groups in total. The Morgan fingerprint density at radius 1 is 1.04 bits per heavy atom. The van der Waals surface area contributed by atoms with Crippen LogP contribution in [0.4, 0.5) is 5.82 Å². The number of amides is 1. The number of hydrogen-bond acceptors (Lipinski definition) is 5. The third-order valence-corrected chi connectivity index (χ3v) is 5.99. The third-order valence-electron chi connectivity index (χ3n) is 5.99. The summed E-state index contributed by atoms with van der Waals surface area (Å²) in [4.78, 5) is 28.1. The van der Waals surface area contributed by atoms with Gasteiger partial charge in [-0.2, -0.15) is 0 Å². The molecule has 2 saturated heterocycles. The number of likely N-dealkylation sites (N-methyl/N-ethyl adjacent to an activating group) is 1. The minimum Gasteiger partial charge on any atom is -0.350 e. The van der Waals surface area contributed by atoms with Crippen LogP contribution in [0.5, 0.6) is 0 Å². The molecule has 0 spiro atoms. The number of carbonyl (C=O) groups excluding carboxylic acids is 1. The fraction of sp³-hybridized carbons (Fsp3) is 0.737. The van der Waals surface area contributed by atoms with E-state index < -0.39 is 0 Å². The summed E-state index contributed by atoms with van der Waals surface area (Å²) in [5.74, 6) is 1.40. The van der Waals surface area contributed by atoms with Crippen molar-refractivity contribution < 1.29 is 4.79 Å². The molecule has 3 aliphatic rings. The maximum atomic E-state index is 12.7. The van der Waals surface area contributed by atoms with Crippen LogP contribution in [0, 0.1) is 0 Å². The lowest BCUT2D eigenvalue weighted by Crippen LogP contribution is -2.53. The lowest BCUT2D eigenvalue weighted by molar-refractivity contribution is -0.135. The van der Waals surface area contributed by atoms with Gasteiger partial charge in [0.15, 0.2) is 0 Å². The summed E-state index contributed by atoms with van der Waals surface area (Å²) >= 11 is 0. The Bertz CT molecular complexity index is 583. The number of hydrogen-bond donors (Lipinski definition) is 0. The normalized spacial score (nSPS) is 26.5. The maximum absolute atomic E-state index is 12.7. The van der Waals surface area contributed by atoms with Crippen LogP contribution in [0.2, 0.25) is 0 Å². The Morgan fingerprint density at radius 2 is 1.80 bits per heavy atom. The fourth-order valence-corrected chi connectivity index (χ4v) is 4.45. The van der Waals surface area contributed by atoms with Crippen molar-refractivity contribution >= 4 is 11.7 Å². The smallest absolute Gasteiger partial charge is 0.239 e. The molecule has 1 saturated carbocycles. The van der Waals surface area contributed by atoms with Crippen LogP contribution in [-0.4, -0.2) is 70.5 Å². The van der Waals surface area contributed by atoms with Crippen molar-refractivity contribution in [3.63, 3.8) is 0 Å². The van der Waals surface area contributed by atoms with E-state index in [2.05, 4.69) is 19.8 Å². The molecule has 0 aromatic carbocycles. The summed E-state index contributed by atoms with van der Waals surface area (Å²) in [6, 6.07) is 3.32. The van der Waals surface area contributed by atoms with Gasteiger partial charge >= 0.3 is 0 Å². The van der Waals surface area contributed by atoms with E-state index in [4.69, 9.17) is 0 Å². The van der Waals surface area contributed by atoms with E-state index in [0.29, 0.717) is 18.0 Å². The number of aromatic nitrogens is 2. The van der Waals surface area contributed by atoms with Gasteiger partial charge in [0.2, 0.25) is 5.91 Å². The van der Waals surface area contributed by atoms with Crippen molar-refractivity contribution in [3.05, 3.63) is 18.6 Å². The van der Waals surface area contributed by atoms with Crippen LogP contribution >= 0.6 is 0 Å². The molecule has 4 rings (SSSR count). The number of rotatable bonds is 4. The minimum atomic E-state index is 0.0990. The fourth-order valence-electron chi connectivity index (χ4n) is 4.45. The molecule has 3 heterocycles. The van der Waals surface area contributed by atoms with E-state index in [0.717, 1.165) is 57.6 Å².